The molecule has 1 aromatic carbocycles. The number of carboxylic acid groups (broad SMARTS) is 1. The summed E-state index contributed by atoms with van der Waals surface area (Å²) in [5.41, 5.74) is 0.525. The van der Waals surface area contributed by atoms with Crippen LogP contribution in [0.4, 0.5) is 0 Å². The van der Waals surface area contributed by atoms with E-state index in [1.54, 1.807) is 25.1 Å². The molecular weight excluding hydrogens is 283 g/mol. The largest absolute Gasteiger partial charge is 0.479 e. The molecule has 82 valence electrons. The van der Waals surface area contributed by atoms with Gasteiger partial charge in [0.2, 0.25) is 0 Å². The maximum Gasteiger partial charge on any atom is 0.337 e. The van der Waals surface area contributed by atoms with E-state index in [2.05, 4.69) is 15.9 Å². The van der Waals surface area contributed by atoms with E-state index in [4.69, 9.17) is 21.4 Å². The smallest absolute Gasteiger partial charge is 0.337 e. The van der Waals surface area contributed by atoms with Gasteiger partial charge < -0.3 is 9.84 Å². The molecule has 0 radical (unpaired) electrons. The second-order valence-corrected chi connectivity index (χ2v) is 4.13. The number of hydrogen-bond donors (Lipinski definition) is 1. The Hall–Kier alpha value is -0.580. The molecule has 0 aliphatic rings. The monoisotopic (exact) mass is 292 g/mol. The second-order valence-electron chi connectivity index (χ2n) is 2.84. The first kappa shape index (κ1) is 12.5. The Bertz CT molecular complexity index is 368. The van der Waals surface area contributed by atoms with Crippen molar-refractivity contribution in [1.29, 1.82) is 0 Å². The van der Waals surface area contributed by atoms with Crippen molar-refractivity contribution in [2.75, 3.05) is 6.61 Å². The minimum atomic E-state index is -1.03. The molecule has 3 nitrogen and oxygen atoms in total. The highest BCUT2D eigenvalue weighted by molar-refractivity contribution is 9.10. The van der Waals surface area contributed by atoms with Crippen LogP contribution in [0, 0.1) is 0 Å². The van der Waals surface area contributed by atoms with Crippen LogP contribution in [0.15, 0.2) is 22.7 Å². The topological polar surface area (TPSA) is 46.5 Å². The quantitative estimate of drug-likeness (QED) is 0.927. The van der Waals surface area contributed by atoms with E-state index < -0.39 is 12.1 Å². The first-order valence-electron chi connectivity index (χ1n) is 4.35. The van der Waals surface area contributed by atoms with E-state index in [9.17, 15) is 4.79 Å². The lowest BCUT2D eigenvalue weighted by Gasteiger charge is -2.14. The van der Waals surface area contributed by atoms with Crippen molar-refractivity contribution in [3.8, 4) is 0 Å². The zero-order valence-corrected chi connectivity index (χ0v) is 10.4. The van der Waals surface area contributed by atoms with Gasteiger partial charge in [0, 0.05) is 21.7 Å². The van der Waals surface area contributed by atoms with E-state index in [1.165, 1.54) is 0 Å². The molecule has 15 heavy (non-hydrogen) atoms. The third-order valence-corrected chi connectivity index (χ3v) is 2.76. The summed E-state index contributed by atoms with van der Waals surface area (Å²) in [7, 11) is 0. The highest BCUT2D eigenvalue weighted by Crippen LogP contribution is 2.29. The summed E-state index contributed by atoms with van der Waals surface area (Å²) in [6.07, 6.45) is -0.983. The highest BCUT2D eigenvalue weighted by atomic mass is 79.9. The van der Waals surface area contributed by atoms with Crippen molar-refractivity contribution in [2.45, 2.75) is 13.0 Å². The molecule has 0 amide bonds. The predicted molar refractivity (Wildman–Crippen MR) is 61.2 cm³/mol. The van der Waals surface area contributed by atoms with E-state index in [1.807, 2.05) is 0 Å². The molecule has 0 bridgehead atoms. The Morgan fingerprint density at radius 2 is 2.33 bits per heavy atom. The average molecular weight is 294 g/mol. The van der Waals surface area contributed by atoms with Crippen LogP contribution in [0.5, 0.6) is 0 Å². The van der Waals surface area contributed by atoms with Crippen LogP contribution < -0.4 is 0 Å². The minimum absolute atomic E-state index is 0.329. The number of aliphatic carboxylic acids is 1. The van der Waals surface area contributed by atoms with Crippen molar-refractivity contribution in [1.82, 2.24) is 0 Å². The van der Waals surface area contributed by atoms with Gasteiger partial charge in [0.15, 0.2) is 6.10 Å². The fourth-order valence-electron chi connectivity index (χ4n) is 1.18. The molecule has 1 N–H and O–H groups in total. The number of ether oxygens (including phenoxy) is 1. The molecule has 0 aliphatic carbocycles. The average Bonchev–Trinajstić information content (AvgIpc) is 2.18. The summed E-state index contributed by atoms with van der Waals surface area (Å²) in [6.45, 7) is 2.07. The third kappa shape index (κ3) is 3.19. The first-order chi connectivity index (χ1) is 7.06. The Morgan fingerprint density at radius 3 is 2.87 bits per heavy atom. The lowest BCUT2D eigenvalue weighted by Crippen LogP contribution is -2.15. The molecule has 0 aromatic heterocycles. The molecule has 1 atom stereocenters. The van der Waals surface area contributed by atoms with E-state index in [0.29, 0.717) is 21.7 Å². The molecule has 0 aliphatic heterocycles. The van der Waals surface area contributed by atoms with Crippen molar-refractivity contribution < 1.29 is 14.6 Å². The number of carboxylic acids is 1. The van der Waals surface area contributed by atoms with Crippen molar-refractivity contribution in [3.05, 3.63) is 33.3 Å². The van der Waals surface area contributed by atoms with E-state index >= 15 is 0 Å². The summed E-state index contributed by atoms with van der Waals surface area (Å²) >= 11 is 9.06. The van der Waals surface area contributed by atoms with E-state index in [-0.39, 0.29) is 0 Å². The van der Waals surface area contributed by atoms with Crippen molar-refractivity contribution in [3.63, 3.8) is 0 Å². The highest BCUT2D eigenvalue weighted by Gasteiger charge is 2.22. The minimum Gasteiger partial charge on any atom is -0.479 e. The van der Waals surface area contributed by atoms with Gasteiger partial charge in [-0.1, -0.05) is 27.5 Å². The summed E-state index contributed by atoms with van der Waals surface area (Å²) in [5.74, 6) is -1.03. The molecule has 1 aromatic rings. The lowest BCUT2D eigenvalue weighted by molar-refractivity contribution is -0.150. The van der Waals surface area contributed by atoms with Gasteiger partial charge in [-0.25, -0.2) is 4.79 Å². The van der Waals surface area contributed by atoms with Gasteiger partial charge in [-0.3, -0.25) is 0 Å². The van der Waals surface area contributed by atoms with Crippen LogP contribution in [-0.4, -0.2) is 17.7 Å². The lowest BCUT2D eigenvalue weighted by atomic mass is 10.1. The van der Waals surface area contributed by atoms with Gasteiger partial charge in [0.05, 0.1) is 0 Å². The van der Waals surface area contributed by atoms with Crippen LogP contribution >= 0.6 is 27.5 Å². The Morgan fingerprint density at radius 1 is 1.67 bits per heavy atom. The van der Waals surface area contributed by atoms with Crippen LogP contribution in [0.2, 0.25) is 5.02 Å². The van der Waals surface area contributed by atoms with Gasteiger partial charge in [-0.2, -0.15) is 0 Å². The summed E-state index contributed by atoms with van der Waals surface area (Å²) in [5, 5.41) is 9.47. The van der Waals surface area contributed by atoms with Gasteiger partial charge in [-0.05, 0) is 25.1 Å². The molecule has 0 saturated carbocycles. The number of benzene rings is 1. The van der Waals surface area contributed by atoms with Crippen LogP contribution in [-0.2, 0) is 9.53 Å². The van der Waals surface area contributed by atoms with Gasteiger partial charge in [-0.15, -0.1) is 0 Å². The fourth-order valence-corrected chi connectivity index (χ4v) is 1.81. The van der Waals surface area contributed by atoms with Gasteiger partial charge in [0.1, 0.15) is 0 Å². The molecule has 0 heterocycles. The van der Waals surface area contributed by atoms with Gasteiger partial charge in [0.25, 0.3) is 0 Å². The standard InChI is InChI=1S/C10H10BrClO3/c1-2-15-9(10(13)14)7-5-6(12)3-4-8(7)11/h3-5,9H,2H2,1H3,(H,13,14). The van der Waals surface area contributed by atoms with Crippen LogP contribution in [0.1, 0.15) is 18.6 Å². The molecule has 5 heteroatoms. The predicted octanol–water partition coefficient (Wildman–Crippen LogP) is 3.26. The Balaban J connectivity index is 3.09. The summed E-state index contributed by atoms with van der Waals surface area (Å²) in [4.78, 5) is 11.0. The second kappa shape index (κ2) is 5.49. The summed E-state index contributed by atoms with van der Waals surface area (Å²) < 4.78 is 5.81. The maximum atomic E-state index is 11.0. The zero-order valence-electron chi connectivity index (χ0n) is 8.04. The number of rotatable bonds is 4. The fraction of sp³-hybridized carbons (Fsp3) is 0.300. The molecule has 0 spiro atoms. The summed E-state index contributed by atoms with van der Waals surface area (Å²) in [6, 6.07) is 4.96. The van der Waals surface area contributed by atoms with Gasteiger partial charge >= 0.3 is 5.97 Å². The molecule has 0 saturated heterocycles. The molecular formula is C10H10BrClO3. The Labute approximate surface area is 101 Å². The first-order valence-corrected chi connectivity index (χ1v) is 5.52. The third-order valence-electron chi connectivity index (χ3n) is 1.80. The van der Waals surface area contributed by atoms with Crippen LogP contribution in [0.3, 0.4) is 0 Å². The maximum absolute atomic E-state index is 11.0. The van der Waals surface area contributed by atoms with Crippen LogP contribution in [0.25, 0.3) is 0 Å². The normalized spacial score (nSPS) is 12.5. The van der Waals surface area contributed by atoms with E-state index in [0.717, 1.165) is 0 Å². The molecule has 0 fully saturated rings. The zero-order chi connectivity index (χ0) is 11.4. The molecule has 1 unspecified atom stereocenters. The number of hydrogen-bond acceptors (Lipinski definition) is 2. The number of halogens is 2. The SMILES string of the molecule is CCOC(C(=O)O)c1cc(Cl)ccc1Br. The number of carbonyl (C=O) groups is 1. The van der Waals surface area contributed by atoms with Crippen molar-refractivity contribution in [2.24, 2.45) is 0 Å². The Kier molecular flexibility index (Phi) is 4.57. The van der Waals surface area contributed by atoms with Crippen molar-refractivity contribution >= 4 is 33.5 Å². The molecule has 1 rings (SSSR count).